The van der Waals surface area contributed by atoms with Gasteiger partial charge in [0.05, 0.1) is 18.5 Å². The van der Waals surface area contributed by atoms with E-state index in [2.05, 4.69) is 10.6 Å². The number of carbonyl (C=O) groups is 1. The van der Waals surface area contributed by atoms with Crippen LogP contribution in [-0.2, 0) is 9.53 Å². The summed E-state index contributed by atoms with van der Waals surface area (Å²) in [5, 5.41) is 6.84. The zero-order valence-corrected chi connectivity index (χ0v) is 13.0. The van der Waals surface area contributed by atoms with E-state index in [9.17, 15) is 4.79 Å². The summed E-state index contributed by atoms with van der Waals surface area (Å²) in [5.74, 6) is 1.04. The van der Waals surface area contributed by atoms with Gasteiger partial charge in [-0.3, -0.25) is 4.79 Å². The Kier molecular flexibility index (Phi) is 3.16. The molecule has 0 unspecified atom stereocenters. The first-order valence-electron chi connectivity index (χ1n) is 7.08. The number of nitrogens with one attached hydrogen (secondary N) is 2. The molecule has 0 saturated heterocycles. The molecule has 23 heavy (non-hydrogen) atoms. The molecule has 2 heterocycles. The summed E-state index contributed by atoms with van der Waals surface area (Å²) >= 11 is 6.00. The minimum atomic E-state index is -0.671. The Bertz CT molecular complexity index is 830. The van der Waals surface area contributed by atoms with Crippen LogP contribution < -0.4 is 15.4 Å². The third-order valence-electron chi connectivity index (χ3n) is 3.86. The lowest BCUT2D eigenvalue weighted by Gasteiger charge is -2.19. The van der Waals surface area contributed by atoms with Gasteiger partial charge in [0.25, 0.3) is 0 Å². The van der Waals surface area contributed by atoms with Crippen LogP contribution in [0.3, 0.4) is 0 Å². The van der Waals surface area contributed by atoms with Crippen molar-refractivity contribution in [3.63, 3.8) is 0 Å². The molecule has 2 aliphatic rings. The minimum absolute atomic E-state index is 0.113. The molecule has 0 aliphatic carbocycles. The Labute approximate surface area is 137 Å². The third kappa shape index (κ3) is 2.29. The SMILES string of the molecule is COc1ccc([C@H]2OC3=C(Nc4ccc(Cl)cc4N3)C2=O)cc1. The van der Waals surface area contributed by atoms with Crippen molar-refractivity contribution in [1.82, 2.24) is 0 Å². The molecule has 0 amide bonds. The number of ketones is 1. The van der Waals surface area contributed by atoms with Gasteiger partial charge in [0.15, 0.2) is 6.10 Å². The van der Waals surface area contributed by atoms with Crippen LogP contribution in [0.5, 0.6) is 5.75 Å². The molecule has 2 aliphatic heterocycles. The van der Waals surface area contributed by atoms with Gasteiger partial charge in [0.2, 0.25) is 11.7 Å². The standard InChI is InChI=1S/C17H13ClN2O3/c1-22-11-5-2-9(3-6-11)16-15(21)14-17(23-16)20-13-8-10(18)4-7-12(13)19-14/h2-8,16,19-20H,1H3/t16-/m1/s1. The topological polar surface area (TPSA) is 59.6 Å². The van der Waals surface area contributed by atoms with Crippen LogP contribution in [0.2, 0.25) is 5.02 Å². The first kappa shape index (κ1) is 14.0. The van der Waals surface area contributed by atoms with Crippen molar-refractivity contribution in [3.8, 4) is 5.75 Å². The second-order valence-corrected chi connectivity index (χ2v) is 5.72. The molecule has 6 heteroatoms. The Morgan fingerprint density at radius 1 is 1.09 bits per heavy atom. The fraction of sp³-hybridized carbons (Fsp3) is 0.118. The molecule has 2 aromatic rings. The molecule has 1 atom stereocenters. The predicted molar refractivity (Wildman–Crippen MR) is 87.6 cm³/mol. The van der Waals surface area contributed by atoms with Crippen LogP contribution in [-0.4, -0.2) is 12.9 Å². The van der Waals surface area contributed by atoms with E-state index in [1.165, 1.54) is 0 Å². The van der Waals surface area contributed by atoms with E-state index in [1.54, 1.807) is 31.4 Å². The number of methoxy groups -OCH3 is 1. The zero-order chi connectivity index (χ0) is 16.0. The summed E-state index contributed by atoms with van der Waals surface area (Å²) in [4.78, 5) is 12.6. The smallest absolute Gasteiger partial charge is 0.229 e. The number of halogens is 1. The molecule has 5 nitrogen and oxygen atoms in total. The number of fused-ring (bicyclic) bond motifs is 1. The quantitative estimate of drug-likeness (QED) is 0.880. The number of rotatable bonds is 2. The van der Waals surface area contributed by atoms with Crippen molar-refractivity contribution in [2.24, 2.45) is 0 Å². The Morgan fingerprint density at radius 2 is 1.87 bits per heavy atom. The molecule has 0 aromatic heterocycles. The van der Waals surface area contributed by atoms with Gasteiger partial charge in [0, 0.05) is 10.6 Å². The maximum atomic E-state index is 12.6. The molecular formula is C17H13ClN2O3. The summed E-state index contributed by atoms with van der Waals surface area (Å²) in [6, 6.07) is 12.6. The lowest BCUT2D eigenvalue weighted by molar-refractivity contribution is -0.121. The Balaban J connectivity index is 1.62. The highest BCUT2D eigenvalue weighted by Crippen LogP contribution is 2.40. The average molecular weight is 329 g/mol. The van der Waals surface area contributed by atoms with E-state index >= 15 is 0 Å². The number of hydrogen-bond acceptors (Lipinski definition) is 5. The monoisotopic (exact) mass is 328 g/mol. The van der Waals surface area contributed by atoms with Gasteiger partial charge in [-0.25, -0.2) is 0 Å². The largest absolute Gasteiger partial charge is 0.497 e. The molecule has 0 spiro atoms. The molecule has 4 rings (SSSR count). The van der Waals surface area contributed by atoms with E-state index in [1.807, 2.05) is 18.2 Å². The number of anilines is 2. The highest BCUT2D eigenvalue weighted by molar-refractivity contribution is 6.31. The van der Waals surface area contributed by atoms with Gasteiger partial charge in [-0.1, -0.05) is 23.7 Å². The van der Waals surface area contributed by atoms with Gasteiger partial charge in [-0.15, -0.1) is 0 Å². The first-order chi connectivity index (χ1) is 11.2. The van der Waals surface area contributed by atoms with Crippen molar-refractivity contribution in [3.05, 3.63) is 64.6 Å². The van der Waals surface area contributed by atoms with Crippen molar-refractivity contribution in [2.45, 2.75) is 6.10 Å². The van der Waals surface area contributed by atoms with E-state index in [0.29, 0.717) is 16.6 Å². The summed E-state index contributed by atoms with van der Waals surface area (Å²) < 4.78 is 10.9. The highest BCUT2D eigenvalue weighted by Gasteiger charge is 2.39. The van der Waals surface area contributed by atoms with Crippen LogP contribution >= 0.6 is 11.6 Å². The maximum absolute atomic E-state index is 12.6. The second kappa shape index (κ2) is 5.21. The van der Waals surface area contributed by atoms with Crippen molar-refractivity contribution < 1.29 is 14.3 Å². The van der Waals surface area contributed by atoms with Crippen molar-refractivity contribution >= 4 is 28.8 Å². The summed E-state index contributed by atoms with van der Waals surface area (Å²) in [7, 11) is 1.60. The van der Waals surface area contributed by atoms with Crippen LogP contribution in [0, 0.1) is 0 Å². The molecule has 0 bridgehead atoms. The van der Waals surface area contributed by atoms with E-state index in [0.717, 1.165) is 22.7 Å². The molecule has 116 valence electrons. The summed E-state index contributed by atoms with van der Waals surface area (Å²) in [5.41, 5.74) is 2.77. The molecule has 2 N–H and O–H groups in total. The Morgan fingerprint density at radius 3 is 2.61 bits per heavy atom. The van der Waals surface area contributed by atoms with Crippen LogP contribution in [0.1, 0.15) is 11.7 Å². The number of ether oxygens (including phenoxy) is 2. The minimum Gasteiger partial charge on any atom is -0.497 e. The lowest BCUT2D eigenvalue weighted by atomic mass is 10.0. The summed E-state index contributed by atoms with van der Waals surface area (Å²) in [6.07, 6.45) is -0.671. The second-order valence-electron chi connectivity index (χ2n) is 5.28. The predicted octanol–water partition coefficient (Wildman–Crippen LogP) is 3.70. The van der Waals surface area contributed by atoms with Gasteiger partial charge in [-0.2, -0.15) is 0 Å². The number of Topliss-reactive ketones (excluding diaryl/α,β-unsaturated/α-hetero) is 1. The van der Waals surface area contributed by atoms with Crippen LogP contribution in [0.15, 0.2) is 54.0 Å². The van der Waals surface area contributed by atoms with Crippen molar-refractivity contribution in [1.29, 1.82) is 0 Å². The third-order valence-corrected chi connectivity index (χ3v) is 4.09. The zero-order valence-electron chi connectivity index (χ0n) is 12.2. The average Bonchev–Trinajstić information content (AvgIpc) is 2.89. The van der Waals surface area contributed by atoms with Gasteiger partial charge < -0.3 is 20.1 Å². The Hall–Kier alpha value is -2.66. The lowest BCUT2D eigenvalue weighted by Crippen LogP contribution is -2.18. The van der Waals surface area contributed by atoms with E-state index < -0.39 is 6.10 Å². The number of benzene rings is 2. The van der Waals surface area contributed by atoms with Gasteiger partial charge in [-0.05, 0) is 30.3 Å². The number of carbonyl (C=O) groups excluding carboxylic acids is 1. The van der Waals surface area contributed by atoms with Gasteiger partial charge >= 0.3 is 0 Å². The normalized spacial score (nSPS) is 18.5. The van der Waals surface area contributed by atoms with E-state index in [4.69, 9.17) is 21.1 Å². The molecular weight excluding hydrogens is 316 g/mol. The van der Waals surface area contributed by atoms with Gasteiger partial charge in [0.1, 0.15) is 11.4 Å². The fourth-order valence-electron chi connectivity index (χ4n) is 2.67. The molecule has 0 radical (unpaired) electrons. The molecule has 2 aromatic carbocycles. The highest BCUT2D eigenvalue weighted by atomic mass is 35.5. The fourth-order valence-corrected chi connectivity index (χ4v) is 2.84. The molecule has 0 saturated carbocycles. The number of hydrogen-bond donors (Lipinski definition) is 2. The first-order valence-corrected chi connectivity index (χ1v) is 7.46. The van der Waals surface area contributed by atoms with Crippen LogP contribution in [0.25, 0.3) is 0 Å². The van der Waals surface area contributed by atoms with E-state index in [-0.39, 0.29) is 5.78 Å². The maximum Gasteiger partial charge on any atom is 0.229 e. The van der Waals surface area contributed by atoms with Crippen LogP contribution in [0.4, 0.5) is 11.4 Å². The van der Waals surface area contributed by atoms with Crippen molar-refractivity contribution in [2.75, 3.05) is 17.7 Å². The molecule has 0 fully saturated rings. The summed E-state index contributed by atoms with van der Waals surface area (Å²) in [6.45, 7) is 0.